The van der Waals surface area contributed by atoms with Crippen LogP contribution in [-0.4, -0.2) is 22.9 Å². The Labute approximate surface area is 122 Å². The highest BCUT2D eigenvalue weighted by molar-refractivity contribution is 5.83. The second-order valence-corrected chi connectivity index (χ2v) is 7.03. The van der Waals surface area contributed by atoms with Gasteiger partial charge in [-0.3, -0.25) is 4.79 Å². The van der Waals surface area contributed by atoms with E-state index in [4.69, 9.17) is 5.73 Å². The number of carbonyl (C=O) groups is 1. The van der Waals surface area contributed by atoms with Gasteiger partial charge in [-0.2, -0.15) is 0 Å². The van der Waals surface area contributed by atoms with E-state index < -0.39 is 6.04 Å². The summed E-state index contributed by atoms with van der Waals surface area (Å²) in [4.78, 5) is 14.6. The van der Waals surface area contributed by atoms with Gasteiger partial charge in [-0.25, -0.2) is 0 Å². The van der Waals surface area contributed by atoms with Crippen LogP contribution in [0, 0.1) is 12.3 Å². The summed E-state index contributed by atoms with van der Waals surface area (Å²) in [6, 6.07) is 8.33. The lowest BCUT2D eigenvalue weighted by atomic mass is 9.86. The van der Waals surface area contributed by atoms with E-state index in [0.29, 0.717) is 12.6 Å². The number of hydrogen-bond acceptors (Lipinski definition) is 2. The molecule has 0 heterocycles. The van der Waals surface area contributed by atoms with Gasteiger partial charge in [0.25, 0.3) is 0 Å². The van der Waals surface area contributed by atoms with Crippen LogP contribution in [0.4, 0.5) is 0 Å². The smallest absolute Gasteiger partial charge is 0.240 e. The largest absolute Gasteiger partial charge is 0.334 e. The van der Waals surface area contributed by atoms with Crippen LogP contribution >= 0.6 is 0 Å². The van der Waals surface area contributed by atoms with Crippen LogP contribution in [0.5, 0.6) is 0 Å². The maximum atomic E-state index is 12.6. The Morgan fingerprint density at radius 3 is 2.30 bits per heavy atom. The number of amides is 1. The molecule has 1 aromatic carbocycles. The molecular formula is C17H26N2O. The number of aryl methyl sites for hydroxylation is 1. The third-order valence-corrected chi connectivity index (χ3v) is 3.94. The van der Waals surface area contributed by atoms with Crippen molar-refractivity contribution in [3.8, 4) is 0 Å². The molecule has 1 aromatic rings. The molecule has 1 atom stereocenters. The first-order chi connectivity index (χ1) is 9.29. The minimum absolute atomic E-state index is 0.0839. The van der Waals surface area contributed by atoms with Crippen molar-refractivity contribution in [2.45, 2.75) is 59.2 Å². The highest BCUT2D eigenvalue weighted by atomic mass is 16.2. The second kappa shape index (κ2) is 5.57. The summed E-state index contributed by atoms with van der Waals surface area (Å²) in [5, 5.41) is 0. The van der Waals surface area contributed by atoms with Crippen LogP contribution in [-0.2, 0) is 11.3 Å². The summed E-state index contributed by atoms with van der Waals surface area (Å²) in [5.41, 5.74) is 8.37. The van der Waals surface area contributed by atoms with E-state index in [-0.39, 0.29) is 11.3 Å². The zero-order valence-corrected chi connectivity index (χ0v) is 13.0. The predicted octanol–water partition coefficient (Wildman–Crippen LogP) is 2.86. The summed E-state index contributed by atoms with van der Waals surface area (Å²) >= 11 is 0. The van der Waals surface area contributed by atoms with Gasteiger partial charge in [0.2, 0.25) is 5.91 Å². The zero-order chi connectivity index (χ0) is 14.9. The molecule has 0 aromatic heterocycles. The number of carbonyl (C=O) groups excluding carboxylic acids is 1. The molecule has 2 N–H and O–H groups in total. The highest BCUT2D eigenvalue weighted by Crippen LogP contribution is 2.31. The Bertz CT molecular complexity index is 469. The summed E-state index contributed by atoms with van der Waals surface area (Å²) in [6.07, 6.45) is 2.21. The van der Waals surface area contributed by atoms with Crippen molar-refractivity contribution < 1.29 is 4.79 Å². The molecule has 1 aliphatic rings. The van der Waals surface area contributed by atoms with Crippen molar-refractivity contribution in [2.75, 3.05) is 0 Å². The molecular weight excluding hydrogens is 248 g/mol. The van der Waals surface area contributed by atoms with Crippen molar-refractivity contribution in [3.63, 3.8) is 0 Å². The summed E-state index contributed by atoms with van der Waals surface area (Å²) < 4.78 is 0. The molecule has 1 amide bonds. The molecule has 0 unspecified atom stereocenters. The molecule has 0 radical (unpaired) electrons. The molecule has 110 valence electrons. The maximum absolute atomic E-state index is 12.6. The van der Waals surface area contributed by atoms with Crippen molar-refractivity contribution in [1.29, 1.82) is 0 Å². The monoisotopic (exact) mass is 274 g/mol. The van der Waals surface area contributed by atoms with Crippen LogP contribution in [0.25, 0.3) is 0 Å². The van der Waals surface area contributed by atoms with Gasteiger partial charge < -0.3 is 10.6 Å². The van der Waals surface area contributed by atoms with E-state index in [1.165, 1.54) is 11.1 Å². The van der Waals surface area contributed by atoms with Crippen LogP contribution in [0.1, 0.15) is 44.7 Å². The minimum atomic E-state index is -0.437. The van der Waals surface area contributed by atoms with E-state index in [1.54, 1.807) is 0 Å². The normalized spacial score (nSPS) is 16.9. The third kappa shape index (κ3) is 3.60. The van der Waals surface area contributed by atoms with Crippen molar-refractivity contribution in [1.82, 2.24) is 4.90 Å². The molecule has 0 aliphatic heterocycles. The number of benzene rings is 1. The molecule has 0 saturated heterocycles. The van der Waals surface area contributed by atoms with E-state index in [1.807, 2.05) is 25.7 Å². The van der Waals surface area contributed by atoms with Crippen LogP contribution in [0.15, 0.2) is 24.3 Å². The topological polar surface area (TPSA) is 46.3 Å². The molecule has 0 spiro atoms. The quantitative estimate of drug-likeness (QED) is 0.917. The Hall–Kier alpha value is -1.35. The number of rotatable bonds is 4. The summed E-state index contributed by atoms with van der Waals surface area (Å²) in [7, 11) is 0. The fourth-order valence-corrected chi connectivity index (χ4v) is 2.21. The molecule has 20 heavy (non-hydrogen) atoms. The van der Waals surface area contributed by atoms with Crippen LogP contribution in [0.2, 0.25) is 0 Å². The molecule has 3 nitrogen and oxygen atoms in total. The van der Waals surface area contributed by atoms with E-state index in [2.05, 4.69) is 31.2 Å². The average Bonchev–Trinajstić information content (AvgIpc) is 3.19. The Morgan fingerprint density at radius 2 is 1.85 bits per heavy atom. The second-order valence-electron chi connectivity index (χ2n) is 7.03. The van der Waals surface area contributed by atoms with Crippen molar-refractivity contribution >= 4 is 5.91 Å². The number of nitrogens with zero attached hydrogens (tertiary/aromatic N) is 1. The lowest BCUT2D eigenvalue weighted by Gasteiger charge is -2.32. The lowest BCUT2D eigenvalue weighted by molar-refractivity contribution is -0.136. The van der Waals surface area contributed by atoms with Gasteiger partial charge in [-0.1, -0.05) is 50.6 Å². The van der Waals surface area contributed by atoms with Gasteiger partial charge in [0.15, 0.2) is 0 Å². The van der Waals surface area contributed by atoms with E-state index in [9.17, 15) is 4.79 Å². The first kappa shape index (κ1) is 15.0. The maximum Gasteiger partial charge on any atom is 0.240 e. The summed E-state index contributed by atoms with van der Waals surface area (Å²) in [6.45, 7) is 8.81. The van der Waals surface area contributed by atoms with Gasteiger partial charge in [-0.15, -0.1) is 0 Å². The first-order valence-corrected chi connectivity index (χ1v) is 7.40. The van der Waals surface area contributed by atoms with Gasteiger partial charge in [0.1, 0.15) is 0 Å². The molecule has 2 rings (SSSR count). The van der Waals surface area contributed by atoms with Crippen molar-refractivity contribution in [2.24, 2.45) is 11.1 Å². The highest BCUT2D eigenvalue weighted by Gasteiger charge is 2.38. The fraction of sp³-hybridized carbons (Fsp3) is 0.588. The molecule has 1 aliphatic carbocycles. The average molecular weight is 274 g/mol. The van der Waals surface area contributed by atoms with Crippen molar-refractivity contribution in [3.05, 3.63) is 35.4 Å². The molecule has 3 heteroatoms. The Kier molecular flexibility index (Phi) is 4.19. The lowest BCUT2D eigenvalue weighted by Crippen LogP contribution is -2.50. The first-order valence-electron chi connectivity index (χ1n) is 7.40. The Morgan fingerprint density at radius 1 is 1.30 bits per heavy atom. The fourth-order valence-electron chi connectivity index (χ4n) is 2.21. The van der Waals surface area contributed by atoms with Gasteiger partial charge in [0, 0.05) is 12.6 Å². The SMILES string of the molecule is Cc1ccc(CN(C(=O)[C@@H](N)C(C)(C)C)C2CC2)cc1. The zero-order valence-electron chi connectivity index (χ0n) is 13.0. The van der Waals surface area contributed by atoms with Crippen LogP contribution in [0.3, 0.4) is 0 Å². The molecule has 1 fully saturated rings. The predicted molar refractivity (Wildman–Crippen MR) is 82.2 cm³/mol. The van der Waals surface area contributed by atoms with E-state index >= 15 is 0 Å². The number of nitrogens with two attached hydrogens (primary N) is 1. The van der Waals surface area contributed by atoms with E-state index in [0.717, 1.165) is 12.8 Å². The third-order valence-electron chi connectivity index (χ3n) is 3.94. The van der Waals surface area contributed by atoms with Crippen LogP contribution < -0.4 is 5.73 Å². The Balaban J connectivity index is 2.11. The molecule has 1 saturated carbocycles. The van der Waals surface area contributed by atoms with Gasteiger partial charge in [0.05, 0.1) is 6.04 Å². The molecule has 0 bridgehead atoms. The van der Waals surface area contributed by atoms with Gasteiger partial charge >= 0.3 is 0 Å². The van der Waals surface area contributed by atoms with Gasteiger partial charge in [-0.05, 0) is 30.7 Å². The standard InChI is InChI=1S/C17H26N2O/c1-12-5-7-13(8-6-12)11-19(14-9-10-14)16(20)15(18)17(2,3)4/h5-8,14-15H,9-11,18H2,1-4H3/t15-/m1/s1. The number of hydrogen-bond donors (Lipinski definition) is 1. The summed E-state index contributed by atoms with van der Waals surface area (Å²) in [5.74, 6) is 0.0839. The minimum Gasteiger partial charge on any atom is -0.334 e.